The molecule has 0 amide bonds. The van der Waals surface area contributed by atoms with E-state index in [0.29, 0.717) is 6.61 Å². The van der Waals surface area contributed by atoms with Crippen LogP contribution in [-0.2, 0) is 21.4 Å². The number of ether oxygens (including phenoxy) is 2. The minimum absolute atomic E-state index is 0.00426. The predicted octanol–water partition coefficient (Wildman–Crippen LogP) is 3.62. The third-order valence-corrected chi connectivity index (χ3v) is 3.40. The SMILES string of the molecule is BrCc1ccc(CO[C@H]2CCCCO2)cc1. The molecule has 0 N–H and O–H groups in total. The van der Waals surface area contributed by atoms with Crippen LogP contribution in [0, 0.1) is 0 Å². The summed E-state index contributed by atoms with van der Waals surface area (Å²) in [6, 6.07) is 8.46. The first-order valence-electron chi connectivity index (χ1n) is 5.75. The highest BCUT2D eigenvalue weighted by Gasteiger charge is 2.13. The lowest BCUT2D eigenvalue weighted by molar-refractivity contribution is -0.168. The first kappa shape index (κ1) is 12.1. The highest BCUT2D eigenvalue weighted by atomic mass is 79.9. The molecule has 1 aliphatic heterocycles. The normalized spacial score (nSPS) is 20.9. The second kappa shape index (κ2) is 6.38. The van der Waals surface area contributed by atoms with Crippen molar-refractivity contribution in [3.05, 3.63) is 35.4 Å². The molecule has 0 radical (unpaired) electrons. The summed E-state index contributed by atoms with van der Waals surface area (Å²) in [7, 11) is 0. The zero-order chi connectivity index (χ0) is 11.2. The molecule has 1 aromatic carbocycles. The average molecular weight is 285 g/mol. The molecule has 1 fully saturated rings. The van der Waals surface area contributed by atoms with Gasteiger partial charge in [0, 0.05) is 11.9 Å². The molecule has 16 heavy (non-hydrogen) atoms. The Hall–Kier alpha value is -0.380. The van der Waals surface area contributed by atoms with E-state index in [2.05, 4.69) is 40.2 Å². The van der Waals surface area contributed by atoms with Crippen molar-refractivity contribution in [2.45, 2.75) is 37.5 Å². The summed E-state index contributed by atoms with van der Waals surface area (Å²) in [6.07, 6.45) is 3.41. The van der Waals surface area contributed by atoms with Gasteiger partial charge in [0.1, 0.15) is 0 Å². The van der Waals surface area contributed by atoms with Crippen LogP contribution < -0.4 is 0 Å². The molecule has 1 aliphatic rings. The molecule has 0 aromatic heterocycles. The lowest BCUT2D eigenvalue weighted by atomic mass is 10.1. The van der Waals surface area contributed by atoms with Gasteiger partial charge < -0.3 is 9.47 Å². The van der Waals surface area contributed by atoms with Crippen molar-refractivity contribution in [2.24, 2.45) is 0 Å². The highest BCUT2D eigenvalue weighted by molar-refractivity contribution is 9.08. The highest BCUT2D eigenvalue weighted by Crippen LogP contribution is 2.16. The van der Waals surface area contributed by atoms with E-state index in [1.807, 2.05) is 0 Å². The van der Waals surface area contributed by atoms with Crippen molar-refractivity contribution in [1.29, 1.82) is 0 Å². The van der Waals surface area contributed by atoms with Crippen molar-refractivity contribution < 1.29 is 9.47 Å². The van der Waals surface area contributed by atoms with Crippen LogP contribution in [0.2, 0.25) is 0 Å². The van der Waals surface area contributed by atoms with Crippen LogP contribution in [-0.4, -0.2) is 12.9 Å². The van der Waals surface area contributed by atoms with Gasteiger partial charge in [-0.05, 0) is 30.4 Å². The second-order valence-electron chi connectivity index (χ2n) is 4.06. The Labute approximate surface area is 105 Å². The Balaban J connectivity index is 1.79. The summed E-state index contributed by atoms with van der Waals surface area (Å²) in [6.45, 7) is 1.49. The fraction of sp³-hybridized carbons (Fsp3) is 0.538. The molecule has 2 rings (SSSR count). The lowest BCUT2D eigenvalue weighted by Crippen LogP contribution is -2.21. The maximum Gasteiger partial charge on any atom is 0.158 e. The number of hydrogen-bond donors (Lipinski definition) is 0. The maximum absolute atomic E-state index is 5.71. The summed E-state index contributed by atoms with van der Waals surface area (Å²) in [4.78, 5) is 0. The Morgan fingerprint density at radius 2 is 1.94 bits per heavy atom. The number of rotatable bonds is 4. The fourth-order valence-electron chi connectivity index (χ4n) is 1.76. The number of benzene rings is 1. The van der Waals surface area contributed by atoms with Crippen LogP contribution in [0.25, 0.3) is 0 Å². The smallest absolute Gasteiger partial charge is 0.158 e. The van der Waals surface area contributed by atoms with E-state index in [9.17, 15) is 0 Å². The van der Waals surface area contributed by atoms with E-state index in [4.69, 9.17) is 9.47 Å². The van der Waals surface area contributed by atoms with Gasteiger partial charge in [-0.2, -0.15) is 0 Å². The van der Waals surface area contributed by atoms with Gasteiger partial charge in [0.15, 0.2) is 6.29 Å². The molecule has 3 heteroatoms. The lowest BCUT2D eigenvalue weighted by Gasteiger charge is -2.22. The standard InChI is InChI=1S/C13H17BrO2/c14-9-11-4-6-12(7-5-11)10-16-13-3-1-2-8-15-13/h4-7,13H,1-3,8-10H2/t13-/m0/s1. The molecule has 88 valence electrons. The molecule has 0 bridgehead atoms. The summed E-state index contributed by atoms with van der Waals surface area (Å²) in [5.41, 5.74) is 2.50. The summed E-state index contributed by atoms with van der Waals surface area (Å²) in [5, 5.41) is 0.903. The number of alkyl halides is 1. The Morgan fingerprint density at radius 3 is 2.56 bits per heavy atom. The largest absolute Gasteiger partial charge is 0.353 e. The molecule has 1 heterocycles. The molecule has 2 nitrogen and oxygen atoms in total. The van der Waals surface area contributed by atoms with Crippen LogP contribution in [0.15, 0.2) is 24.3 Å². The van der Waals surface area contributed by atoms with Gasteiger partial charge >= 0.3 is 0 Å². The van der Waals surface area contributed by atoms with Crippen LogP contribution in [0.1, 0.15) is 30.4 Å². The van der Waals surface area contributed by atoms with Crippen LogP contribution >= 0.6 is 15.9 Å². The molecule has 0 unspecified atom stereocenters. The van der Waals surface area contributed by atoms with E-state index in [0.717, 1.165) is 18.4 Å². The van der Waals surface area contributed by atoms with Crippen LogP contribution in [0.3, 0.4) is 0 Å². The van der Waals surface area contributed by atoms with Gasteiger partial charge in [-0.3, -0.25) is 0 Å². The van der Waals surface area contributed by atoms with E-state index in [1.54, 1.807) is 0 Å². The van der Waals surface area contributed by atoms with Gasteiger partial charge in [0.25, 0.3) is 0 Å². The Bertz CT molecular complexity index is 304. The zero-order valence-electron chi connectivity index (χ0n) is 9.32. The summed E-state index contributed by atoms with van der Waals surface area (Å²) >= 11 is 3.43. The van der Waals surface area contributed by atoms with Crippen molar-refractivity contribution >= 4 is 15.9 Å². The van der Waals surface area contributed by atoms with Crippen molar-refractivity contribution in [3.8, 4) is 0 Å². The monoisotopic (exact) mass is 284 g/mol. The molecule has 1 aromatic rings. The number of hydrogen-bond acceptors (Lipinski definition) is 2. The van der Waals surface area contributed by atoms with Gasteiger partial charge in [-0.1, -0.05) is 40.2 Å². The summed E-state index contributed by atoms with van der Waals surface area (Å²) in [5.74, 6) is 0. The zero-order valence-corrected chi connectivity index (χ0v) is 10.9. The van der Waals surface area contributed by atoms with E-state index < -0.39 is 0 Å². The first-order chi connectivity index (χ1) is 7.88. The maximum atomic E-state index is 5.71. The third kappa shape index (κ3) is 3.58. The van der Waals surface area contributed by atoms with E-state index in [-0.39, 0.29) is 6.29 Å². The molecule has 1 saturated heterocycles. The molecular formula is C13H17BrO2. The topological polar surface area (TPSA) is 18.5 Å². The Morgan fingerprint density at radius 1 is 1.19 bits per heavy atom. The minimum Gasteiger partial charge on any atom is -0.353 e. The van der Waals surface area contributed by atoms with E-state index >= 15 is 0 Å². The third-order valence-electron chi connectivity index (χ3n) is 2.75. The number of halogens is 1. The van der Waals surface area contributed by atoms with E-state index in [1.165, 1.54) is 24.0 Å². The molecule has 0 aliphatic carbocycles. The van der Waals surface area contributed by atoms with Crippen LogP contribution in [0.5, 0.6) is 0 Å². The average Bonchev–Trinajstić information content (AvgIpc) is 2.38. The van der Waals surface area contributed by atoms with Crippen molar-refractivity contribution in [2.75, 3.05) is 6.61 Å². The molecule has 1 atom stereocenters. The van der Waals surface area contributed by atoms with Gasteiger partial charge in [0.05, 0.1) is 6.61 Å². The molecule has 0 spiro atoms. The van der Waals surface area contributed by atoms with Gasteiger partial charge in [-0.25, -0.2) is 0 Å². The Kier molecular flexibility index (Phi) is 4.82. The summed E-state index contributed by atoms with van der Waals surface area (Å²) < 4.78 is 11.2. The van der Waals surface area contributed by atoms with Crippen molar-refractivity contribution in [3.63, 3.8) is 0 Å². The predicted molar refractivity (Wildman–Crippen MR) is 67.5 cm³/mol. The van der Waals surface area contributed by atoms with Gasteiger partial charge in [-0.15, -0.1) is 0 Å². The molecule has 0 saturated carbocycles. The van der Waals surface area contributed by atoms with Crippen molar-refractivity contribution in [1.82, 2.24) is 0 Å². The molecular weight excluding hydrogens is 268 g/mol. The minimum atomic E-state index is 0.00426. The first-order valence-corrected chi connectivity index (χ1v) is 6.87. The van der Waals surface area contributed by atoms with Crippen LogP contribution in [0.4, 0.5) is 0 Å². The quantitative estimate of drug-likeness (QED) is 0.787. The van der Waals surface area contributed by atoms with Gasteiger partial charge in [0.2, 0.25) is 0 Å². The fourth-order valence-corrected chi connectivity index (χ4v) is 2.13. The second-order valence-corrected chi connectivity index (χ2v) is 4.62.